The number of para-hydroxylation sites is 4. The van der Waals surface area contributed by atoms with Gasteiger partial charge in [0.1, 0.15) is 0 Å². The maximum absolute atomic E-state index is 16.3. The molecule has 0 spiro atoms. The van der Waals surface area contributed by atoms with Gasteiger partial charge in [-0.2, -0.15) is 18.4 Å². The molecule has 0 saturated heterocycles. The molecule has 4 aromatic heterocycles. The summed E-state index contributed by atoms with van der Waals surface area (Å²) in [6, 6.07) is 52.6. The third-order valence-electron chi connectivity index (χ3n) is 12.6. The third-order valence-corrected chi connectivity index (χ3v) is 12.6. The highest BCUT2D eigenvalue weighted by atomic mass is 19.4. The molecule has 0 aliphatic carbocycles. The fraction of sp³-hybridized carbons (Fsp3) is 0.0577. The van der Waals surface area contributed by atoms with Crippen LogP contribution in [0.3, 0.4) is 0 Å². The molecule has 0 saturated carbocycles. The van der Waals surface area contributed by atoms with Crippen molar-refractivity contribution in [2.24, 2.45) is 14.1 Å². The van der Waals surface area contributed by atoms with Crippen molar-refractivity contribution in [3.05, 3.63) is 169 Å². The number of halogens is 3. The molecule has 0 fully saturated rings. The largest absolute Gasteiger partial charge is 0.418 e. The summed E-state index contributed by atoms with van der Waals surface area (Å²) in [6.45, 7) is 0. The summed E-state index contributed by atoms with van der Waals surface area (Å²) in [5, 5.41) is 17.5. The van der Waals surface area contributed by atoms with E-state index in [1.54, 1.807) is 24.3 Å². The number of hydrogen-bond acceptors (Lipinski definition) is 1. The van der Waals surface area contributed by atoms with Crippen LogP contribution >= 0.6 is 0 Å². The minimum atomic E-state index is -4.77. The van der Waals surface area contributed by atoms with E-state index in [9.17, 15) is 5.26 Å². The highest BCUT2D eigenvalue weighted by molar-refractivity contribution is 6.27. The number of nitrogens with zero attached hydrogens (tertiary/aromatic N) is 5. The molecular formula is C52H32F3N5. The standard InChI is InChI=1S/C52H32F3N5/c1-57-40-18-7-5-16-36(40)48-44(57)24-22-34-32-14-3-9-20-42(32)59(50(34)48)46-28-39(52(53,54)55)47(27-38(46)31-13-11-12-30(26-31)29-56)60-43-21-10-4-15-33(43)35-23-25-45-49(51(35)60)37-17-6-8-19-41(37)58(45)2/h3-28H,1-2H3. The van der Waals surface area contributed by atoms with Crippen molar-refractivity contribution >= 4 is 87.2 Å². The summed E-state index contributed by atoms with van der Waals surface area (Å²) in [6.07, 6.45) is -4.77. The molecule has 8 heteroatoms. The van der Waals surface area contributed by atoms with E-state index in [0.29, 0.717) is 33.4 Å². The quantitative estimate of drug-likeness (QED) is 0.176. The molecule has 0 radical (unpaired) electrons. The average molecular weight is 784 g/mol. The van der Waals surface area contributed by atoms with Crippen LogP contribution in [-0.4, -0.2) is 18.3 Å². The fourth-order valence-corrected chi connectivity index (χ4v) is 10.1. The Labute approximate surface area is 340 Å². The van der Waals surface area contributed by atoms with Gasteiger partial charge in [-0.3, -0.25) is 0 Å². The molecule has 0 aliphatic heterocycles. The lowest BCUT2D eigenvalue weighted by atomic mass is 9.97. The van der Waals surface area contributed by atoms with Gasteiger partial charge in [0.2, 0.25) is 0 Å². The van der Waals surface area contributed by atoms with Crippen LogP contribution in [0.15, 0.2) is 158 Å². The van der Waals surface area contributed by atoms with Crippen molar-refractivity contribution < 1.29 is 13.2 Å². The van der Waals surface area contributed by atoms with Gasteiger partial charge in [-0.25, -0.2) is 0 Å². The van der Waals surface area contributed by atoms with Gasteiger partial charge in [-0.15, -0.1) is 0 Å². The topological polar surface area (TPSA) is 43.5 Å². The molecular weight excluding hydrogens is 752 g/mol. The summed E-state index contributed by atoms with van der Waals surface area (Å²) >= 11 is 0. The zero-order valence-corrected chi connectivity index (χ0v) is 32.4. The van der Waals surface area contributed by atoms with Gasteiger partial charge in [-0.1, -0.05) is 97.1 Å². The predicted molar refractivity (Wildman–Crippen MR) is 238 cm³/mol. The zero-order valence-electron chi connectivity index (χ0n) is 32.4. The molecule has 60 heavy (non-hydrogen) atoms. The Morgan fingerprint density at radius 1 is 0.450 bits per heavy atom. The maximum atomic E-state index is 16.3. The predicted octanol–water partition coefficient (Wildman–Crippen LogP) is 13.7. The van der Waals surface area contributed by atoms with Gasteiger partial charge < -0.3 is 18.3 Å². The van der Waals surface area contributed by atoms with Crippen LogP contribution < -0.4 is 0 Å². The lowest BCUT2D eigenvalue weighted by molar-refractivity contribution is -0.137. The monoisotopic (exact) mass is 783 g/mol. The number of rotatable bonds is 3. The Bertz CT molecular complexity index is 3860. The summed E-state index contributed by atoms with van der Waals surface area (Å²) in [5.74, 6) is 0. The SMILES string of the molecule is Cn1c2ccccc2c2c1ccc1c3ccccc3n(-c3cc(C(F)(F)F)c(-n4c5ccccc5c5ccc6c(c7ccccc7n6C)c54)cc3-c3cccc(C#N)c3)c12. The van der Waals surface area contributed by atoms with E-state index in [0.717, 1.165) is 76.2 Å². The third kappa shape index (κ3) is 4.52. The summed E-state index contributed by atoms with van der Waals surface area (Å²) in [4.78, 5) is 0. The van der Waals surface area contributed by atoms with Gasteiger partial charge in [0, 0.05) is 73.8 Å². The van der Waals surface area contributed by atoms with Crippen molar-refractivity contribution in [1.82, 2.24) is 18.3 Å². The molecule has 286 valence electrons. The number of fused-ring (bicyclic) bond motifs is 14. The Morgan fingerprint density at radius 3 is 1.45 bits per heavy atom. The first kappa shape index (κ1) is 34.3. The number of aromatic nitrogens is 4. The number of benzene rings is 8. The van der Waals surface area contributed by atoms with E-state index < -0.39 is 11.7 Å². The smallest absolute Gasteiger partial charge is 0.344 e. The Kier molecular flexibility index (Phi) is 6.94. The first-order valence-corrected chi connectivity index (χ1v) is 19.8. The van der Waals surface area contributed by atoms with Crippen LogP contribution in [-0.2, 0) is 20.3 Å². The van der Waals surface area contributed by atoms with E-state index in [1.165, 1.54) is 6.07 Å². The van der Waals surface area contributed by atoms with Gasteiger partial charge in [0.15, 0.2) is 0 Å². The number of nitriles is 1. The maximum Gasteiger partial charge on any atom is 0.418 e. The van der Waals surface area contributed by atoms with Crippen molar-refractivity contribution in [2.45, 2.75) is 6.18 Å². The molecule has 0 aliphatic rings. The summed E-state index contributed by atoms with van der Waals surface area (Å²) in [5.41, 5.74) is 8.07. The van der Waals surface area contributed by atoms with Gasteiger partial charge in [-0.05, 0) is 66.2 Å². The van der Waals surface area contributed by atoms with E-state index in [1.807, 2.05) is 120 Å². The summed E-state index contributed by atoms with van der Waals surface area (Å²) in [7, 11) is 4.02. The molecule has 12 rings (SSSR count). The first-order valence-electron chi connectivity index (χ1n) is 19.8. The van der Waals surface area contributed by atoms with Crippen LogP contribution in [0, 0.1) is 11.3 Å². The molecule has 0 bridgehead atoms. The van der Waals surface area contributed by atoms with E-state index in [4.69, 9.17) is 0 Å². The molecule has 5 nitrogen and oxygen atoms in total. The normalized spacial score (nSPS) is 12.4. The van der Waals surface area contributed by atoms with E-state index in [2.05, 4.69) is 45.5 Å². The molecule has 12 aromatic rings. The van der Waals surface area contributed by atoms with Crippen molar-refractivity contribution in [2.75, 3.05) is 0 Å². The van der Waals surface area contributed by atoms with Gasteiger partial charge >= 0.3 is 6.18 Å². The second kappa shape index (κ2) is 12.1. The second-order valence-electron chi connectivity index (χ2n) is 15.6. The fourth-order valence-electron chi connectivity index (χ4n) is 10.1. The first-order chi connectivity index (χ1) is 29.2. The summed E-state index contributed by atoms with van der Waals surface area (Å²) < 4.78 is 57.0. The van der Waals surface area contributed by atoms with Crippen LogP contribution in [0.2, 0.25) is 0 Å². The highest BCUT2D eigenvalue weighted by Gasteiger charge is 2.37. The zero-order chi connectivity index (χ0) is 40.6. The highest BCUT2D eigenvalue weighted by Crippen LogP contribution is 2.48. The minimum absolute atomic E-state index is 0.00585. The van der Waals surface area contributed by atoms with Crippen LogP contribution in [0.4, 0.5) is 13.2 Å². The lowest BCUT2D eigenvalue weighted by Gasteiger charge is -2.22. The van der Waals surface area contributed by atoms with Crippen molar-refractivity contribution in [3.63, 3.8) is 0 Å². The van der Waals surface area contributed by atoms with Gasteiger partial charge in [0.05, 0.1) is 61.7 Å². The molecule has 4 heterocycles. The van der Waals surface area contributed by atoms with E-state index >= 15 is 13.2 Å². The second-order valence-corrected chi connectivity index (χ2v) is 15.6. The number of aryl methyl sites for hydroxylation is 2. The Morgan fingerprint density at radius 2 is 0.933 bits per heavy atom. The Balaban J connectivity index is 1.31. The number of alkyl halides is 3. The minimum Gasteiger partial charge on any atom is -0.344 e. The van der Waals surface area contributed by atoms with E-state index in [-0.39, 0.29) is 5.69 Å². The Hall–Kier alpha value is -7.76. The van der Waals surface area contributed by atoms with Gasteiger partial charge in [0.25, 0.3) is 0 Å². The average Bonchev–Trinajstić information content (AvgIpc) is 3.98. The molecule has 0 amide bonds. The van der Waals surface area contributed by atoms with Crippen molar-refractivity contribution in [1.29, 1.82) is 5.26 Å². The number of hydrogen-bond donors (Lipinski definition) is 0. The van der Waals surface area contributed by atoms with Crippen molar-refractivity contribution in [3.8, 4) is 28.6 Å². The van der Waals surface area contributed by atoms with Crippen LogP contribution in [0.1, 0.15) is 11.1 Å². The lowest BCUT2D eigenvalue weighted by Crippen LogP contribution is -2.13. The van der Waals surface area contributed by atoms with Crippen LogP contribution in [0.25, 0.3) is 110 Å². The molecule has 0 N–H and O–H groups in total. The van der Waals surface area contributed by atoms with Crippen LogP contribution in [0.5, 0.6) is 0 Å². The molecule has 8 aromatic carbocycles. The molecule has 0 unspecified atom stereocenters. The molecule has 0 atom stereocenters.